The van der Waals surface area contributed by atoms with Gasteiger partial charge in [-0.05, 0) is 42.9 Å². The van der Waals surface area contributed by atoms with E-state index in [1.807, 2.05) is 6.07 Å². The lowest BCUT2D eigenvalue weighted by molar-refractivity contribution is 0.278. The Kier molecular flexibility index (Phi) is 3.56. The third kappa shape index (κ3) is 2.52. The molecule has 0 amide bonds. The van der Waals surface area contributed by atoms with Crippen LogP contribution in [0, 0.1) is 5.92 Å². The summed E-state index contributed by atoms with van der Waals surface area (Å²) in [6.45, 7) is 2.15. The minimum atomic E-state index is -0.0437. The lowest BCUT2D eigenvalue weighted by Gasteiger charge is -2.25. The lowest BCUT2D eigenvalue weighted by Crippen LogP contribution is -2.23. The van der Waals surface area contributed by atoms with Crippen LogP contribution < -0.4 is 5.73 Å². The van der Waals surface area contributed by atoms with Crippen LogP contribution in [0.3, 0.4) is 0 Å². The van der Waals surface area contributed by atoms with Gasteiger partial charge in [-0.3, -0.25) is 0 Å². The van der Waals surface area contributed by atoms with E-state index in [4.69, 9.17) is 10.2 Å². The van der Waals surface area contributed by atoms with Crippen molar-refractivity contribution in [2.24, 2.45) is 11.7 Å². The van der Waals surface area contributed by atoms with E-state index >= 15 is 0 Å². The van der Waals surface area contributed by atoms with Gasteiger partial charge in [0.05, 0.1) is 6.04 Å². The van der Waals surface area contributed by atoms with Crippen LogP contribution >= 0.6 is 0 Å². The fourth-order valence-corrected chi connectivity index (χ4v) is 3.05. The molecule has 19 heavy (non-hydrogen) atoms. The minimum Gasteiger partial charge on any atom is -0.439 e. The van der Waals surface area contributed by atoms with Crippen molar-refractivity contribution in [2.45, 2.75) is 51.5 Å². The van der Waals surface area contributed by atoms with Gasteiger partial charge in [0, 0.05) is 0 Å². The van der Waals surface area contributed by atoms with Gasteiger partial charge in [0.2, 0.25) is 5.89 Å². The smallest absolute Gasteiger partial charge is 0.212 e. The molecule has 1 aromatic heterocycles. The van der Waals surface area contributed by atoms with Crippen LogP contribution in [0.1, 0.15) is 56.5 Å². The van der Waals surface area contributed by atoms with Crippen LogP contribution in [0.25, 0.3) is 11.1 Å². The standard InChI is InChI=1S/C16H22N2O/c1-2-11-8-9-14-13(10-11)18-16(19-14)15(17)12-6-4-3-5-7-12/h8-10,12,15H,2-7,17H2,1H3. The van der Waals surface area contributed by atoms with Crippen LogP contribution in [0.4, 0.5) is 0 Å². The summed E-state index contributed by atoms with van der Waals surface area (Å²) in [4.78, 5) is 4.60. The van der Waals surface area contributed by atoms with Gasteiger partial charge >= 0.3 is 0 Å². The molecule has 1 aliphatic rings. The molecule has 3 rings (SSSR count). The van der Waals surface area contributed by atoms with Crippen LogP contribution in [-0.2, 0) is 6.42 Å². The molecule has 1 atom stereocenters. The van der Waals surface area contributed by atoms with Crippen molar-refractivity contribution >= 4 is 11.1 Å². The zero-order valence-electron chi connectivity index (χ0n) is 11.6. The number of hydrogen-bond donors (Lipinski definition) is 1. The van der Waals surface area contributed by atoms with E-state index < -0.39 is 0 Å². The molecule has 0 aliphatic heterocycles. The van der Waals surface area contributed by atoms with E-state index in [0.29, 0.717) is 5.92 Å². The second-order valence-corrected chi connectivity index (χ2v) is 5.63. The fourth-order valence-electron chi connectivity index (χ4n) is 3.05. The van der Waals surface area contributed by atoms with Gasteiger partial charge in [0.25, 0.3) is 0 Å². The molecule has 0 saturated heterocycles. The molecule has 1 heterocycles. The first-order chi connectivity index (χ1) is 9.28. The highest BCUT2D eigenvalue weighted by Gasteiger charge is 2.25. The summed E-state index contributed by atoms with van der Waals surface area (Å²) in [5.41, 5.74) is 9.44. The first-order valence-electron chi connectivity index (χ1n) is 7.43. The van der Waals surface area contributed by atoms with E-state index in [-0.39, 0.29) is 6.04 Å². The average molecular weight is 258 g/mol. The number of oxazole rings is 1. The Hall–Kier alpha value is -1.35. The van der Waals surface area contributed by atoms with Crippen molar-refractivity contribution in [1.82, 2.24) is 4.98 Å². The van der Waals surface area contributed by atoms with E-state index in [2.05, 4.69) is 24.0 Å². The van der Waals surface area contributed by atoms with Crippen LogP contribution in [-0.4, -0.2) is 4.98 Å². The Morgan fingerprint density at radius 3 is 2.84 bits per heavy atom. The quantitative estimate of drug-likeness (QED) is 0.906. The van der Waals surface area contributed by atoms with Crippen molar-refractivity contribution in [3.05, 3.63) is 29.7 Å². The van der Waals surface area contributed by atoms with Crippen LogP contribution in [0.5, 0.6) is 0 Å². The molecule has 0 bridgehead atoms. The monoisotopic (exact) mass is 258 g/mol. The van der Waals surface area contributed by atoms with Gasteiger partial charge in [-0.1, -0.05) is 32.3 Å². The molecule has 1 unspecified atom stereocenters. The van der Waals surface area contributed by atoms with Gasteiger partial charge in [-0.15, -0.1) is 0 Å². The molecule has 2 N–H and O–H groups in total. The molecule has 1 aromatic carbocycles. The molecule has 102 valence electrons. The fraction of sp³-hybridized carbons (Fsp3) is 0.562. The highest BCUT2D eigenvalue weighted by molar-refractivity contribution is 5.73. The average Bonchev–Trinajstić information content (AvgIpc) is 2.90. The Balaban J connectivity index is 1.87. The third-order valence-electron chi connectivity index (χ3n) is 4.32. The Morgan fingerprint density at radius 2 is 2.11 bits per heavy atom. The lowest BCUT2D eigenvalue weighted by atomic mass is 9.84. The molecule has 3 nitrogen and oxygen atoms in total. The highest BCUT2D eigenvalue weighted by atomic mass is 16.3. The number of nitrogens with two attached hydrogens (primary N) is 1. The van der Waals surface area contributed by atoms with Crippen molar-refractivity contribution < 1.29 is 4.42 Å². The molecule has 0 radical (unpaired) electrons. The molecule has 1 aliphatic carbocycles. The summed E-state index contributed by atoms with van der Waals surface area (Å²) in [6.07, 6.45) is 7.36. The topological polar surface area (TPSA) is 52.0 Å². The zero-order valence-corrected chi connectivity index (χ0v) is 11.6. The SMILES string of the molecule is CCc1ccc2oc(C(N)C3CCCCC3)nc2c1. The second kappa shape index (κ2) is 5.33. The van der Waals surface area contributed by atoms with Gasteiger partial charge in [0.1, 0.15) is 5.52 Å². The second-order valence-electron chi connectivity index (χ2n) is 5.63. The number of benzene rings is 1. The molecular weight excluding hydrogens is 236 g/mol. The Morgan fingerprint density at radius 1 is 1.32 bits per heavy atom. The predicted molar refractivity (Wildman–Crippen MR) is 76.9 cm³/mol. The number of aromatic nitrogens is 1. The van der Waals surface area contributed by atoms with Crippen molar-refractivity contribution in [3.8, 4) is 0 Å². The largest absolute Gasteiger partial charge is 0.439 e. The predicted octanol–water partition coefficient (Wildman–Crippen LogP) is 3.97. The molecule has 1 fully saturated rings. The van der Waals surface area contributed by atoms with Crippen molar-refractivity contribution in [2.75, 3.05) is 0 Å². The first-order valence-corrected chi connectivity index (χ1v) is 7.43. The maximum atomic E-state index is 6.35. The number of hydrogen-bond acceptors (Lipinski definition) is 3. The maximum Gasteiger partial charge on any atom is 0.212 e. The van der Waals surface area contributed by atoms with Gasteiger partial charge in [-0.25, -0.2) is 4.98 Å². The van der Waals surface area contributed by atoms with E-state index in [1.54, 1.807) is 0 Å². The molecular formula is C16H22N2O. The van der Waals surface area contributed by atoms with E-state index in [0.717, 1.165) is 23.4 Å². The third-order valence-corrected chi connectivity index (χ3v) is 4.32. The van der Waals surface area contributed by atoms with Gasteiger partial charge in [-0.2, -0.15) is 0 Å². The number of nitrogens with zero attached hydrogens (tertiary/aromatic N) is 1. The van der Waals surface area contributed by atoms with Crippen LogP contribution in [0.2, 0.25) is 0 Å². The Labute approximate surface area is 114 Å². The van der Waals surface area contributed by atoms with Crippen molar-refractivity contribution in [1.29, 1.82) is 0 Å². The van der Waals surface area contributed by atoms with Gasteiger partial charge < -0.3 is 10.2 Å². The first kappa shape index (κ1) is 12.7. The number of fused-ring (bicyclic) bond motifs is 1. The summed E-state index contributed by atoms with van der Waals surface area (Å²) < 4.78 is 5.85. The molecule has 3 heteroatoms. The Bertz CT molecular complexity index is 555. The van der Waals surface area contributed by atoms with Crippen molar-refractivity contribution in [3.63, 3.8) is 0 Å². The summed E-state index contributed by atoms with van der Waals surface area (Å²) in [5, 5.41) is 0. The zero-order chi connectivity index (χ0) is 13.2. The summed E-state index contributed by atoms with van der Waals surface area (Å²) in [5.74, 6) is 1.25. The van der Waals surface area contributed by atoms with Crippen LogP contribution in [0.15, 0.2) is 22.6 Å². The van der Waals surface area contributed by atoms with E-state index in [9.17, 15) is 0 Å². The number of rotatable bonds is 3. The summed E-state index contributed by atoms with van der Waals surface area (Å²) in [6, 6.07) is 6.18. The van der Waals surface area contributed by atoms with E-state index in [1.165, 1.54) is 37.7 Å². The molecule has 1 saturated carbocycles. The number of aryl methyl sites for hydroxylation is 1. The molecule has 2 aromatic rings. The maximum absolute atomic E-state index is 6.35. The van der Waals surface area contributed by atoms with Gasteiger partial charge in [0.15, 0.2) is 5.58 Å². The normalized spacial score (nSPS) is 18.8. The summed E-state index contributed by atoms with van der Waals surface area (Å²) in [7, 11) is 0. The molecule has 0 spiro atoms. The minimum absolute atomic E-state index is 0.0437. The highest BCUT2D eigenvalue weighted by Crippen LogP contribution is 2.33. The summed E-state index contributed by atoms with van der Waals surface area (Å²) >= 11 is 0.